The first-order valence-electron chi connectivity index (χ1n) is 5.57. The number of rotatable bonds is 5. The van der Waals surface area contributed by atoms with Crippen LogP contribution in [0.2, 0.25) is 0 Å². The Hall–Kier alpha value is -1.85. The van der Waals surface area contributed by atoms with Crippen molar-refractivity contribution in [2.24, 2.45) is 0 Å². The molecule has 0 aromatic heterocycles. The van der Waals surface area contributed by atoms with Crippen molar-refractivity contribution in [3.8, 4) is 0 Å². The Kier molecular flexibility index (Phi) is 5.09. The van der Waals surface area contributed by atoms with Crippen LogP contribution < -0.4 is 0 Å². The van der Waals surface area contributed by atoms with E-state index in [0.717, 1.165) is 12.1 Å². The van der Waals surface area contributed by atoms with E-state index in [0.29, 0.717) is 0 Å². The van der Waals surface area contributed by atoms with Gasteiger partial charge in [0.1, 0.15) is 5.78 Å². The number of carbonyl (C=O) groups is 2. The summed E-state index contributed by atoms with van der Waals surface area (Å²) in [6.45, 7) is 0. The Bertz CT molecular complexity index is 466. The molecule has 0 atom stereocenters. The minimum atomic E-state index is -4.43. The maximum atomic E-state index is 12.5. The number of ketones is 1. The van der Waals surface area contributed by atoms with Gasteiger partial charge < -0.3 is 4.74 Å². The molecule has 1 aromatic rings. The summed E-state index contributed by atoms with van der Waals surface area (Å²) in [5.74, 6) is -0.817. The van der Waals surface area contributed by atoms with Crippen molar-refractivity contribution in [3.63, 3.8) is 0 Å². The van der Waals surface area contributed by atoms with Crippen molar-refractivity contribution < 1.29 is 27.5 Å². The molecule has 104 valence electrons. The molecule has 1 rings (SSSR count). The number of methoxy groups -OCH3 is 1. The van der Waals surface area contributed by atoms with Crippen molar-refractivity contribution in [1.82, 2.24) is 0 Å². The Morgan fingerprint density at radius 3 is 2.47 bits per heavy atom. The van der Waals surface area contributed by atoms with Crippen LogP contribution in [-0.4, -0.2) is 18.9 Å². The average Bonchev–Trinajstić information content (AvgIpc) is 2.35. The number of ether oxygens (including phenoxy) is 1. The molecular formula is C13H13F3O3. The minimum absolute atomic E-state index is 0.0388. The third-order valence-corrected chi connectivity index (χ3v) is 2.49. The highest BCUT2D eigenvalue weighted by Crippen LogP contribution is 2.29. The molecule has 0 N–H and O–H groups in total. The van der Waals surface area contributed by atoms with Crippen LogP contribution in [-0.2, 0) is 26.9 Å². The van der Waals surface area contributed by atoms with Gasteiger partial charge in [0.25, 0.3) is 0 Å². The van der Waals surface area contributed by atoms with E-state index in [2.05, 4.69) is 4.74 Å². The summed E-state index contributed by atoms with van der Waals surface area (Å²) in [4.78, 5) is 22.3. The Balaban J connectivity index is 2.62. The lowest BCUT2D eigenvalue weighted by atomic mass is 10.0. The number of alkyl halides is 3. The van der Waals surface area contributed by atoms with Crippen molar-refractivity contribution in [2.75, 3.05) is 7.11 Å². The van der Waals surface area contributed by atoms with Gasteiger partial charge >= 0.3 is 12.1 Å². The second kappa shape index (κ2) is 6.36. The molecule has 0 aliphatic heterocycles. The summed E-state index contributed by atoms with van der Waals surface area (Å²) < 4.78 is 41.8. The summed E-state index contributed by atoms with van der Waals surface area (Å²) in [6, 6.07) is 4.59. The van der Waals surface area contributed by atoms with E-state index in [4.69, 9.17) is 0 Å². The van der Waals surface area contributed by atoms with Gasteiger partial charge in [-0.2, -0.15) is 13.2 Å². The van der Waals surface area contributed by atoms with Crippen LogP contribution in [0.15, 0.2) is 24.3 Å². The van der Waals surface area contributed by atoms with E-state index in [-0.39, 0.29) is 30.6 Å². The van der Waals surface area contributed by atoms with E-state index < -0.39 is 17.7 Å². The molecule has 19 heavy (non-hydrogen) atoms. The second-order valence-corrected chi connectivity index (χ2v) is 3.99. The topological polar surface area (TPSA) is 43.4 Å². The number of halogens is 3. The Morgan fingerprint density at radius 2 is 1.89 bits per heavy atom. The van der Waals surface area contributed by atoms with Crippen LogP contribution in [0, 0.1) is 0 Å². The standard InChI is InChI=1S/C13H13F3O3/c1-19-12(18)6-5-11(17)8-9-3-2-4-10(7-9)13(14,15)16/h2-4,7H,5-6,8H2,1H3. The van der Waals surface area contributed by atoms with Gasteiger partial charge in [0.2, 0.25) is 0 Å². The lowest BCUT2D eigenvalue weighted by Gasteiger charge is -2.08. The first kappa shape index (κ1) is 15.2. The quantitative estimate of drug-likeness (QED) is 0.775. The number of carbonyl (C=O) groups excluding carboxylic acids is 2. The highest BCUT2D eigenvalue weighted by atomic mass is 19.4. The number of benzene rings is 1. The molecule has 0 spiro atoms. The number of hydrogen-bond acceptors (Lipinski definition) is 3. The summed E-state index contributed by atoms with van der Waals surface area (Å²) in [5.41, 5.74) is -0.504. The maximum Gasteiger partial charge on any atom is 0.416 e. The van der Waals surface area contributed by atoms with Crippen LogP contribution >= 0.6 is 0 Å². The summed E-state index contributed by atoms with van der Waals surface area (Å²) in [6.07, 6.45) is -4.65. The molecule has 0 saturated heterocycles. The molecule has 1 aromatic carbocycles. The number of hydrogen-bond donors (Lipinski definition) is 0. The van der Waals surface area contributed by atoms with E-state index in [1.165, 1.54) is 19.2 Å². The fourth-order valence-electron chi connectivity index (χ4n) is 1.52. The summed E-state index contributed by atoms with van der Waals surface area (Å²) in [5, 5.41) is 0. The van der Waals surface area contributed by atoms with E-state index in [1.807, 2.05) is 0 Å². The van der Waals surface area contributed by atoms with Gasteiger partial charge in [-0.1, -0.05) is 18.2 Å². The zero-order chi connectivity index (χ0) is 14.5. The zero-order valence-electron chi connectivity index (χ0n) is 10.3. The molecule has 0 aliphatic carbocycles. The summed E-state index contributed by atoms with van der Waals surface area (Å²) >= 11 is 0. The fraction of sp³-hybridized carbons (Fsp3) is 0.385. The molecule has 0 amide bonds. The molecule has 6 heteroatoms. The van der Waals surface area contributed by atoms with Gasteiger partial charge in [0, 0.05) is 12.8 Å². The van der Waals surface area contributed by atoms with Crippen LogP contribution in [0.4, 0.5) is 13.2 Å². The van der Waals surface area contributed by atoms with Crippen LogP contribution in [0.25, 0.3) is 0 Å². The van der Waals surface area contributed by atoms with E-state index in [9.17, 15) is 22.8 Å². The van der Waals surface area contributed by atoms with Crippen LogP contribution in [0.1, 0.15) is 24.0 Å². The largest absolute Gasteiger partial charge is 0.469 e. The maximum absolute atomic E-state index is 12.5. The lowest BCUT2D eigenvalue weighted by molar-refractivity contribution is -0.141. The normalized spacial score (nSPS) is 11.2. The third-order valence-electron chi connectivity index (χ3n) is 2.49. The molecule has 0 unspecified atom stereocenters. The van der Waals surface area contributed by atoms with Crippen molar-refractivity contribution >= 4 is 11.8 Å². The molecule has 3 nitrogen and oxygen atoms in total. The smallest absolute Gasteiger partial charge is 0.416 e. The van der Waals surface area contributed by atoms with E-state index in [1.54, 1.807) is 0 Å². The SMILES string of the molecule is COC(=O)CCC(=O)Cc1cccc(C(F)(F)F)c1. The van der Waals surface area contributed by atoms with Gasteiger partial charge in [0.05, 0.1) is 19.1 Å². The molecule has 0 bridgehead atoms. The highest BCUT2D eigenvalue weighted by Gasteiger charge is 2.30. The molecule has 0 heterocycles. The third kappa shape index (κ3) is 5.11. The fourth-order valence-corrected chi connectivity index (χ4v) is 1.52. The van der Waals surface area contributed by atoms with Crippen molar-refractivity contribution in [2.45, 2.75) is 25.4 Å². The van der Waals surface area contributed by atoms with Gasteiger partial charge in [0.15, 0.2) is 0 Å². The molecule has 0 saturated carbocycles. The predicted octanol–water partition coefficient (Wildman–Crippen LogP) is 2.77. The molecule has 0 fully saturated rings. The van der Waals surface area contributed by atoms with Crippen LogP contribution in [0.5, 0.6) is 0 Å². The number of Topliss-reactive ketones (excluding diaryl/α,β-unsaturated/α-hetero) is 1. The van der Waals surface area contributed by atoms with Crippen molar-refractivity contribution in [1.29, 1.82) is 0 Å². The van der Waals surface area contributed by atoms with Gasteiger partial charge in [-0.15, -0.1) is 0 Å². The minimum Gasteiger partial charge on any atom is -0.469 e. The summed E-state index contributed by atoms with van der Waals surface area (Å²) in [7, 11) is 1.21. The predicted molar refractivity (Wildman–Crippen MR) is 61.4 cm³/mol. The Morgan fingerprint density at radius 1 is 1.21 bits per heavy atom. The first-order valence-corrected chi connectivity index (χ1v) is 5.57. The Labute approximate surface area is 108 Å². The van der Waals surface area contributed by atoms with Gasteiger partial charge in [-0.05, 0) is 11.6 Å². The van der Waals surface area contributed by atoms with E-state index >= 15 is 0 Å². The monoisotopic (exact) mass is 274 g/mol. The molecule has 0 radical (unpaired) electrons. The lowest BCUT2D eigenvalue weighted by Crippen LogP contribution is -2.09. The number of esters is 1. The highest BCUT2D eigenvalue weighted by molar-refractivity contribution is 5.84. The van der Waals surface area contributed by atoms with Crippen molar-refractivity contribution in [3.05, 3.63) is 35.4 Å². The second-order valence-electron chi connectivity index (χ2n) is 3.99. The first-order chi connectivity index (χ1) is 8.82. The molecule has 0 aliphatic rings. The van der Waals surface area contributed by atoms with Gasteiger partial charge in [-0.25, -0.2) is 0 Å². The molecular weight excluding hydrogens is 261 g/mol. The zero-order valence-corrected chi connectivity index (χ0v) is 10.3. The van der Waals surface area contributed by atoms with Gasteiger partial charge in [-0.3, -0.25) is 9.59 Å². The average molecular weight is 274 g/mol. The van der Waals surface area contributed by atoms with Crippen LogP contribution in [0.3, 0.4) is 0 Å².